The summed E-state index contributed by atoms with van der Waals surface area (Å²) in [7, 11) is 1.35. The van der Waals surface area contributed by atoms with Crippen LogP contribution in [0.5, 0.6) is 11.5 Å². The number of nitrogens with zero attached hydrogens (tertiary/aromatic N) is 2. The van der Waals surface area contributed by atoms with E-state index in [1.54, 1.807) is 24.7 Å². The minimum Gasteiger partial charge on any atom is -0.464 e. The molecular formula is C20H16ClN3O3. The molecule has 136 valence electrons. The normalized spacial score (nSPS) is 10.9. The number of ether oxygens (including phenoxy) is 2. The highest BCUT2D eigenvalue weighted by Gasteiger charge is 2.19. The number of fused-ring (bicyclic) bond motifs is 1. The summed E-state index contributed by atoms with van der Waals surface area (Å²) in [5.74, 6) is 0.846. The molecule has 4 aromatic rings. The van der Waals surface area contributed by atoms with E-state index in [2.05, 4.69) is 9.97 Å². The number of carbonyl (C=O) groups excluding carboxylic acids is 1. The molecule has 0 spiro atoms. The van der Waals surface area contributed by atoms with E-state index in [0.29, 0.717) is 28.8 Å². The summed E-state index contributed by atoms with van der Waals surface area (Å²) in [6.07, 6.45) is 3.30. The summed E-state index contributed by atoms with van der Waals surface area (Å²) in [6.45, 7) is 0.416. The molecule has 6 nitrogen and oxygen atoms in total. The van der Waals surface area contributed by atoms with Gasteiger partial charge in [0.15, 0.2) is 0 Å². The van der Waals surface area contributed by atoms with E-state index >= 15 is 0 Å². The summed E-state index contributed by atoms with van der Waals surface area (Å²) >= 11 is 6.48. The van der Waals surface area contributed by atoms with Crippen molar-refractivity contribution in [1.29, 1.82) is 0 Å². The third kappa shape index (κ3) is 3.39. The molecule has 0 saturated carbocycles. The first-order valence-electron chi connectivity index (χ1n) is 8.27. The Hall–Kier alpha value is -3.25. The molecule has 0 amide bonds. The van der Waals surface area contributed by atoms with Gasteiger partial charge in [-0.05, 0) is 18.2 Å². The van der Waals surface area contributed by atoms with Crippen LogP contribution in [-0.4, -0.2) is 27.6 Å². The highest BCUT2D eigenvalue weighted by atomic mass is 35.5. The van der Waals surface area contributed by atoms with E-state index in [1.165, 1.54) is 7.11 Å². The first kappa shape index (κ1) is 17.2. The maximum Gasteiger partial charge on any atom is 0.354 e. The summed E-state index contributed by atoms with van der Waals surface area (Å²) in [4.78, 5) is 19.4. The number of nitrogens with one attached hydrogen (secondary N) is 1. The fourth-order valence-electron chi connectivity index (χ4n) is 2.96. The second-order valence-corrected chi connectivity index (χ2v) is 6.34. The molecule has 0 aliphatic rings. The Kier molecular flexibility index (Phi) is 4.56. The van der Waals surface area contributed by atoms with Crippen molar-refractivity contribution in [2.75, 3.05) is 7.11 Å². The Balaban J connectivity index is 1.84. The van der Waals surface area contributed by atoms with Crippen LogP contribution >= 0.6 is 11.6 Å². The van der Waals surface area contributed by atoms with Gasteiger partial charge in [0.2, 0.25) is 0 Å². The van der Waals surface area contributed by atoms with Crippen molar-refractivity contribution >= 4 is 28.5 Å². The number of hydrogen-bond acceptors (Lipinski definition) is 4. The molecule has 2 aromatic carbocycles. The largest absolute Gasteiger partial charge is 0.464 e. The van der Waals surface area contributed by atoms with Gasteiger partial charge in [0.1, 0.15) is 17.2 Å². The third-order valence-electron chi connectivity index (χ3n) is 4.20. The van der Waals surface area contributed by atoms with Crippen molar-refractivity contribution < 1.29 is 14.3 Å². The average molecular weight is 382 g/mol. The van der Waals surface area contributed by atoms with Crippen LogP contribution in [0.3, 0.4) is 0 Å². The molecule has 0 aliphatic carbocycles. The molecule has 7 heteroatoms. The fourth-order valence-corrected chi connectivity index (χ4v) is 3.22. The van der Waals surface area contributed by atoms with E-state index in [9.17, 15) is 4.79 Å². The van der Waals surface area contributed by atoms with Gasteiger partial charge in [-0.1, -0.05) is 29.8 Å². The average Bonchev–Trinajstić information content (AvgIpc) is 3.31. The highest BCUT2D eigenvalue weighted by Crippen LogP contribution is 2.34. The molecule has 2 heterocycles. The van der Waals surface area contributed by atoms with E-state index in [1.807, 2.05) is 41.0 Å². The number of H-pyrrole nitrogens is 1. The number of methoxy groups -OCH3 is 1. The van der Waals surface area contributed by atoms with Crippen molar-refractivity contribution in [3.8, 4) is 11.5 Å². The number of rotatable bonds is 5. The van der Waals surface area contributed by atoms with Crippen molar-refractivity contribution in [2.45, 2.75) is 6.54 Å². The Morgan fingerprint density at radius 1 is 1.19 bits per heavy atom. The van der Waals surface area contributed by atoms with Gasteiger partial charge in [-0.25, -0.2) is 9.78 Å². The molecule has 0 aliphatic heterocycles. The lowest BCUT2D eigenvalue weighted by atomic mass is 10.2. The topological polar surface area (TPSA) is 69.1 Å². The van der Waals surface area contributed by atoms with Gasteiger partial charge in [0.25, 0.3) is 0 Å². The molecule has 4 rings (SSSR count). The van der Waals surface area contributed by atoms with Gasteiger partial charge in [-0.3, -0.25) is 0 Å². The number of aromatic amines is 1. The number of halogens is 1. The lowest BCUT2D eigenvalue weighted by Gasteiger charge is -2.10. The minimum absolute atomic E-state index is 0.404. The van der Waals surface area contributed by atoms with Gasteiger partial charge in [0, 0.05) is 23.7 Å². The first-order valence-corrected chi connectivity index (χ1v) is 8.65. The second kappa shape index (κ2) is 7.17. The molecule has 1 N–H and O–H groups in total. The third-order valence-corrected chi connectivity index (χ3v) is 4.51. The molecule has 0 unspecified atom stereocenters. The van der Waals surface area contributed by atoms with E-state index in [4.69, 9.17) is 21.1 Å². The fraction of sp³-hybridized carbons (Fsp3) is 0.100. The molecule has 0 fully saturated rings. The molecule has 0 atom stereocenters. The van der Waals surface area contributed by atoms with Crippen molar-refractivity contribution in [1.82, 2.24) is 14.5 Å². The van der Waals surface area contributed by atoms with Gasteiger partial charge >= 0.3 is 5.97 Å². The molecular weight excluding hydrogens is 366 g/mol. The Morgan fingerprint density at radius 2 is 2.00 bits per heavy atom. The van der Waals surface area contributed by atoms with Crippen LogP contribution < -0.4 is 4.74 Å². The standard InChI is InChI=1S/C20H16ClN3O3/c1-26-20(25)19-9-16-17(21)7-15(27-14-5-3-2-4-6-14)8-18(16)24(19)11-13-10-22-12-23-13/h2-10,12H,11H2,1H3,(H,22,23). The summed E-state index contributed by atoms with van der Waals surface area (Å²) < 4.78 is 12.7. The van der Waals surface area contributed by atoms with Gasteiger partial charge < -0.3 is 19.0 Å². The zero-order chi connectivity index (χ0) is 18.8. The number of carbonyl (C=O) groups is 1. The predicted molar refractivity (Wildman–Crippen MR) is 102 cm³/mol. The maximum absolute atomic E-state index is 12.3. The van der Waals surface area contributed by atoms with Crippen LogP contribution in [0.1, 0.15) is 16.2 Å². The second-order valence-electron chi connectivity index (χ2n) is 5.94. The van der Waals surface area contributed by atoms with Gasteiger partial charge in [0.05, 0.1) is 36.2 Å². The van der Waals surface area contributed by atoms with Crippen LogP contribution in [0.15, 0.2) is 61.1 Å². The number of imidazole rings is 1. The van der Waals surface area contributed by atoms with E-state index in [0.717, 1.165) is 16.6 Å². The van der Waals surface area contributed by atoms with Gasteiger partial charge in [-0.15, -0.1) is 0 Å². The van der Waals surface area contributed by atoms with Crippen molar-refractivity contribution in [2.24, 2.45) is 0 Å². The van der Waals surface area contributed by atoms with E-state index in [-0.39, 0.29) is 0 Å². The molecule has 27 heavy (non-hydrogen) atoms. The summed E-state index contributed by atoms with van der Waals surface area (Å²) in [5.41, 5.74) is 2.02. The van der Waals surface area contributed by atoms with Crippen LogP contribution in [0.25, 0.3) is 10.9 Å². The lowest BCUT2D eigenvalue weighted by molar-refractivity contribution is 0.0589. The van der Waals surface area contributed by atoms with Crippen molar-refractivity contribution in [3.63, 3.8) is 0 Å². The summed E-state index contributed by atoms with van der Waals surface area (Å²) in [5, 5.41) is 1.24. The summed E-state index contributed by atoms with van der Waals surface area (Å²) in [6, 6.07) is 14.8. The Morgan fingerprint density at radius 3 is 2.70 bits per heavy atom. The molecule has 0 saturated heterocycles. The monoisotopic (exact) mass is 381 g/mol. The van der Waals surface area contributed by atoms with Crippen LogP contribution in [0, 0.1) is 0 Å². The Labute approximate surface area is 160 Å². The van der Waals surface area contributed by atoms with Crippen molar-refractivity contribution in [3.05, 3.63) is 77.5 Å². The number of para-hydroxylation sites is 1. The molecule has 2 aromatic heterocycles. The zero-order valence-electron chi connectivity index (χ0n) is 14.5. The Bertz CT molecular complexity index is 1090. The van der Waals surface area contributed by atoms with Crippen LogP contribution in [-0.2, 0) is 11.3 Å². The minimum atomic E-state index is -0.438. The van der Waals surface area contributed by atoms with E-state index < -0.39 is 5.97 Å². The smallest absolute Gasteiger partial charge is 0.354 e. The number of benzene rings is 2. The van der Waals surface area contributed by atoms with Crippen LogP contribution in [0.2, 0.25) is 5.02 Å². The highest BCUT2D eigenvalue weighted by molar-refractivity contribution is 6.35. The van der Waals surface area contributed by atoms with Crippen LogP contribution in [0.4, 0.5) is 0 Å². The number of esters is 1. The molecule has 0 radical (unpaired) electrons. The zero-order valence-corrected chi connectivity index (χ0v) is 15.2. The first-order chi connectivity index (χ1) is 13.2. The predicted octanol–water partition coefficient (Wildman–Crippen LogP) is 4.65. The van der Waals surface area contributed by atoms with Gasteiger partial charge in [-0.2, -0.15) is 0 Å². The quantitative estimate of drug-likeness (QED) is 0.511. The number of aromatic nitrogens is 3. The maximum atomic E-state index is 12.3. The lowest BCUT2D eigenvalue weighted by Crippen LogP contribution is -2.11. The molecule has 0 bridgehead atoms. The number of hydrogen-bond donors (Lipinski definition) is 1. The SMILES string of the molecule is COC(=O)c1cc2c(Cl)cc(Oc3ccccc3)cc2n1Cc1cnc[nH]1.